The summed E-state index contributed by atoms with van der Waals surface area (Å²) in [6, 6.07) is 12.6. The first-order chi connectivity index (χ1) is 12.0. The highest BCUT2D eigenvalue weighted by atomic mass is 32.2. The van der Waals surface area contributed by atoms with Crippen LogP contribution in [-0.4, -0.2) is 15.0 Å². The van der Waals surface area contributed by atoms with Crippen LogP contribution in [0, 0.1) is 0 Å². The third kappa shape index (κ3) is 4.22. The maximum atomic E-state index is 12.6. The lowest BCUT2D eigenvalue weighted by atomic mass is 9.89. The average molecular weight is 359 g/mol. The molecule has 134 valence electrons. The second-order valence-corrected chi connectivity index (χ2v) is 8.20. The fourth-order valence-electron chi connectivity index (χ4n) is 3.27. The molecule has 1 atom stereocenters. The molecule has 25 heavy (non-hydrogen) atoms. The lowest BCUT2D eigenvalue weighted by Gasteiger charge is -2.20. The van der Waals surface area contributed by atoms with Gasteiger partial charge in [0.05, 0.1) is 11.5 Å². The van der Waals surface area contributed by atoms with Gasteiger partial charge in [-0.1, -0.05) is 18.2 Å². The van der Waals surface area contributed by atoms with Crippen LogP contribution in [0.4, 0.5) is 0 Å². The molecule has 0 heterocycles. The zero-order valence-electron chi connectivity index (χ0n) is 14.8. The Labute approximate surface area is 150 Å². The van der Waals surface area contributed by atoms with Gasteiger partial charge in [-0.2, -0.15) is 0 Å². The molecule has 0 fully saturated rings. The van der Waals surface area contributed by atoms with Crippen LogP contribution in [0.15, 0.2) is 47.4 Å². The van der Waals surface area contributed by atoms with Crippen LogP contribution in [-0.2, 0) is 22.9 Å². The summed E-state index contributed by atoms with van der Waals surface area (Å²) >= 11 is 0. The average Bonchev–Trinajstić information content (AvgIpc) is 2.61. The lowest BCUT2D eigenvalue weighted by Crippen LogP contribution is -2.27. The van der Waals surface area contributed by atoms with Crippen molar-refractivity contribution in [2.24, 2.45) is 0 Å². The predicted molar refractivity (Wildman–Crippen MR) is 99.4 cm³/mol. The number of hydrogen-bond acceptors (Lipinski definition) is 3. The molecule has 2 aromatic rings. The molecule has 3 rings (SSSR count). The zero-order valence-corrected chi connectivity index (χ0v) is 15.6. The molecule has 0 aromatic heterocycles. The van der Waals surface area contributed by atoms with Gasteiger partial charge in [-0.25, -0.2) is 13.1 Å². The SMILES string of the molecule is CCOc1ccc(S(=O)(=O)NC(C)c2ccc3c(c2)CCCC3)cc1. The van der Waals surface area contributed by atoms with E-state index in [9.17, 15) is 8.42 Å². The number of aryl methyl sites for hydroxylation is 2. The van der Waals surface area contributed by atoms with Gasteiger partial charge in [-0.15, -0.1) is 0 Å². The van der Waals surface area contributed by atoms with Gasteiger partial charge in [0, 0.05) is 6.04 Å². The lowest BCUT2D eigenvalue weighted by molar-refractivity contribution is 0.340. The first-order valence-electron chi connectivity index (χ1n) is 8.86. The summed E-state index contributed by atoms with van der Waals surface area (Å²) in [6.07, 6.45) is 4.67. The molecule has 0 spiro atoms. The molecule has 0 saturated carbocycles. The number of sulfonamides is 1. The maximum Gasteiger partial charge on any atom is 0.241 e. The van der Waals surface area contributed by atoms with Gasteiger partial charge in [-0.3, -0.25) is 0 Å². The van der Waals surface area contributed by atoms with E-state index in [1.165, 1.54) is 24.0 Å². The molecule has 1 aliphatic rings. The van der Waals surface area contributed by atoms with Gasteiger partial charge in [0.1, 0.15) is 5.75 Å². The molecule has 1 aliphatic carbocycles. The Hall–Kier alpha value is -1.85. The number of rotatable bonds is 6. The molecule has 0 radical (unpaired) electrons. The van der Waals surface area contributed by atoms with Crippen LogP contribution in [0.2, 0.25) is 0 Å². The van der Waals surface area contributed by atoms with Crippen LogP contribution in [0.1, 0.15) is 49.4 Å². The summed E-state index contributed by atoms with van der Waals surface area (Å²) in [4.78, 5) is 0.251. The van der Waals surface area contributed by atoms with Crippen molar-refractivity contribution in [2.75, 3.05) is 6.61 Å². The summed E-state index contributed by atoms with van der Waals surface area (Å²) < 4.78 is 33.4. The molecule has 0 amide bonds. The van der Waals surface area contributed by atoms with Crippen LogP contribution in [0.3, 0.4) is 0 Å². The van der Waals surface area contributed by atoms with E-state index in [0.717, 1.165) is 18.4 Å². The van der Waals surface area contributed by atoms with Crippen molar-refractivity contribution in [3.05, 3.63) is 59.2 Å². The van der Waals surface area contributed by atoms with Gasteiger partial charge in [0.15, 0.2) is 0 Å². The predicted octanol–water partition coefficient (Wildman–Crippen LogP) is 4.00. The number of ether oxygens (including phenoxy) is 1. The van der Waals surface area contributed by atoms with Crippen molar-refractivity contribution in [3.63, 3.8) is 0 Å². The fourth-order valence-corrected chi connectivity index (χ4v) is 4.51. The van der Waals surface area contributed by atoms with Crippen molar-refractivity contribution in [2.45, 2.75) is 50.5 Å². The first kappa shape index (κ1) is 18.0. The molecule has 1 N–H and O–H groups in total. The minimum atomic E-state index is -3.57. The topological polar surface area (TPSA) is 55.4 Å². The maximum absolute atomic E-state index is 12.6. The van der Waals surface area contributed by atoms with Crippen molar-refractivity contribution >= 4 is 10.0 Å². The molecular formula is C20H25NO3S. The van der Waals surface area contributed by atoms with Crippen molar-refractivity contribution in [1.82, 2.24) is 4.72 Å². The van der Waals surface area contributed by atoms with E-state index in [4.69, 9.17) is 4.74 Å². The van der Waals surface area contributed by atoms with Crippen LogP contribution >= 0.6 is 0 Å². The first-order valence-corrected chi connectivity index (χ1v) is 10.3. The molecular weight excluding hydrogens is 334 g/mol. The minimum absolute atomic E-state index is 0.251. The molecule has 0 aliphatic heterocycles. The van der Waals surface area contributed by atoms with Gasteiger partial charge in [-0.05, 0) is 80.5 Å². The Bertz CT molecular complexity index is 829. The van der Waals surface area contributed by atoms with Crippen molar-refractivity contribution in [1.29, 1.82) is 0 Å². The summed E-state index contributed by atoms with van der Waals surface area (Å²) in [6.45, 7) is 4.34. The van der Waals surface area contributed by atoms with Crippen LogP contribution in [0.25, 0.3) is 0 Å². The third-order valence-corrected chi connectivity index (χ3v) is 6.21. The summed E-state index contributed by atoms with van der Waals surface area (Å²) in [7, 11) is -3.57. The summed E-state index contributed by atoms with van der Waals surface area (Å²) in [5, 5.41) is 0. The third-order valence-electron chi connectivity index (χ3n) is 4.65. The summed E-state index contributed by atoms with van der Waals surface area (Å²) in [5.41, 5.74) is 3.77. The Morgan fingerprint density at radius 3 is 2.40 bits per heavy atom. The molecule has 5 heteroatoms. The molecule has 1 unspecified atom stereocenters. The van der Waals surface area contributed by atoms with Crippen LogP contribution in [0.5, 0.6) is 5.75 Å². The second-order valence-electron chi connectivity index (χ2n) is 6.48. The van der Waals surface area contributed by atoms with Crippen LogP contribution < -0.4 is 9.46 Å². The molecule has 0 bridgehead atoms. The number of benzene rings is 2. The zero-order chi connectivity index (χ0) is 17.9. The Morgan fingerprint density at radius 2 is 1.72 bits per heavy atom. The van der Waals surface area contributed by atoms with Gasteiger partial charge in [0.25, 0.3) is 0 Å². The fraction of sp³-hybridized carbons (Fsp3) is 0.400. The highest BCUT2D eigenvalue weighted by Gasteiger charge is 2.19. The van der Waals surface area contributed by atoms with Crippen molar-refractivity contribution < 1.29 is 13.2 Å². The standard InChI is InChI=1S/C20H25NO3S/c1-3-24-19-10-12-20(13-11-19)25(22,23)21-15(2)17-9-8-16-6-4-5-7-18(16)14-17/h8-15,21H,3-7H2,1-2H3. The molecule has 4 nitrogen and oxygen atoms in total. The normalized spacial score (nSPS) is 15.4. The Morgan fingerprint density at radius 1 is 1.04 bits per heavy atom. The monoisotopic (exact) mass is 359 g/mol. The summed E-state index contributed by atoms with van der Waals surface area (Å²) in [5.74, 6) is 0.671. The van der Waals surface area contributed by atoms with E-state index < -0.39 is 10.0 Å². The second kappa shape index (κ2) is 7.58. The van der Waals surface area contributed by atoms with E-state index in [1.54, 1.807) is 24.3 Å². The van der Waals surface area contributed by atoms with Gasteiger partial charge in [0.2, 0.25) is 10.0 Å². The van der Waals surface area contributed by atoms with Gasteiger partial charge < -0.3 is 4.74 Å². The Balaban J connectivity index is 1.75. The van der Waals surface area contributed by atoms with Gasteiger partial charge >= 0.3 is 0 Å². The van der Waals surface area contributed by atoms with E-state index in [-0.39, 0.29) is 10.9 Å². The van der Waals surface area contributed by atoms with E-state index in [1.807, 2.05) is 19.9 Å². The quantitative estimate of drug-likeness (QED) is 0.848. The van der Waals surface area contributed by atoms with E-state index >= 15 is 0 Å². The molecule has 2 aromatic carbocycles. The number of nitrogens with one attached hydrogen (secondary N) is 1. The smallest absolute Gasteiger partial charge is 0.241 e. The highest BCUT2D eigenvalue weighted by Crippen LogP contribution is 2.26. The number of hydrogen-bond donors (Lipinski definition) is 1. The number of fused-ring (bicyclic) bond motifs is 1. The minimum Gasteiger partial charge on any atom is -0.494 e. The highest BCUT2D eigenvalue weighted by molar-refractivity contribution is 7.89. The van der Waals surface area contributed by atoms with E-state index in [2.05, 4.69) is 16.9 Å². The molecule has 0 saturated heterocycles. The largest absolute Gasteiger partial charge is 0.494 e. The Kier molecular flexibility index (Phi) is 5.45. The van der Waals surface area contributed by atoms with Crippen molar-refractivity contribution in [3.8, 4) is 5.75 Å². The van der Waals surface area contributed by atoms with E-state index in [0.29, 0.717) is 12.4 Å².